The van der Waals surface area contributed by atoms with Crippen LogP contribution in [0.2, 0.25) is 0 Å². The van der Waals surface area contributed by atoms with E-state index in [9.17, 15) is 9.59 Å². The molecule has 3 heterocycles. The third kappa shape index (κ3) is 2.88. The van der Waals surface area contributed by atoms with E-state index >= 15 is 0 Å². The molecule has 1 aromatic carbocycles. The van der Waals surface area contributed by atoms with Crippen LogP contribution in [0.1, 0.15) is 0 Å². The van der Waals surface area contributed by atoms with Crippen LogP contribution in [0, 0.1) is 0 Å². The Morgan fingerprint density at radius 3 is 2.39 bits per heavy atom. The molecule has 2 N–H and O–H groups in total. The normalized spacial score (nSPS) is 10.3. The van der Waals surface area contributed by atoms with Gasteiger partial charge in [-0.1, -0.05) is 30.3 Å². The van der Waals surface area contributed by atoms with E-state index in [1.165, 1.54) is 11.3 Å². The van der Waals surface area contributed by atoms with E-state index in [-0.39, 0.29) is 30.4 Å². The van der Waals surface area contributed by atoms with Crippen LogP contribution in [0.25, 0.3) is 31.7 Å². The molecule has 0 saturated heterocycles. The second-order valence-electron chi connectivity index (χ2n) is 4.62. The van der Waals surface area contributed by atoms with Crippen molar-refractivity contribution in [2.24, 2.45) is 0 Å². The van der Waals surface area contributed by atoms with Crippen molar-refractivity contribution in [3.05, 3.63) is 63.3 Å². The number of benzene rings is 1. The van der Waals surface area contributed by atoms with Gasteiger partial charge in [-0.05, 0) is 12.1 Å². The lowest BCUT2D eigenvalue weighted by Crippen LogP contribution is -2.20. The van der Waals surface area contributed by atoms with Crippen molar-refractivity contribution in [2.45, 2.75) is 0 Å². The smallest absolute Gasteiger partial charge is 0.304 e. The van der Waals surface area contributed by atoms with Crippen LogP contribution in [-0.2, 0) is 0 Å². The summed E-state index contributed by atoms with van der Waals surface area (Å²) in [6, 6.07) is 13.6. The molecular weight excluding hydrogens is 357 g/mol. The van der Waals surface area contributed by atoms with Gasteiger partial charge in [0.15, 0.2) is 0 Å². The minimum absolute atomic E-state index is 0. The van der Waals surface area contributed by atoms with Gasteiger partial charge < -0.3 is 4.98 Å². The number of thiophene rings is 1. The van der Waals surface area contributed by atoms with E-state index in [0.717, 1.165) is 16.0 Å². The molecule has 0 aliphatic rings. The number of H-pyrrole nitrogens is 2. The number of halogens is 2. The van der Waals surface area contributed by atoms with E-state index in [0.29, 0.717) is 15.7 Å². The standard InChI is InChI=1S/C15H9N3O2S.2ClH/c19-14-13-12(17-15(20)18-14)11-10(21-13)7-6-9(16-11)8-4-2-1-3-5-8;;/h1-7H,(H2,17,18,19,20);2*1H. The Labute approximate surface area is 146 Å². The zero-order chi connectivity index (χ0) is 14.4. The SMILES string of the molecule is Cl.Cl.O=c1[nH]c(=O)c2sc3ccc(-c4ccccc4)nc3c2[nH]1. The van der Waals surface area contributed by atoms with Gasteiger partial charge in [-0.3, -0.25) is 9.78 Å². The molecule has 0 bridgehead atoms. The van der Waals surface area contributed by atoms with Crippen molar-refractivity contribution in [3.8, 4) is 11.3 Å². The molecule has 0 aliphatic carbocycles. The average molecular weight is 368 g/mol. The van der Waals surface area contributed by atoms with Crippen LogP contribution in [0.3, 0.4) is 0 Å². The molecular formula is C15H11Cl2N3O2S. The molecule has 0 radical (unpaired) electrons. The number of nitrogens with zero attached hydrogens (tertiary/aromatic N) is 1. The van der Waals surface area contributed by atoms with Crippen LogP contribution in [0.5, 0.6) is 0 Å². The quantitative estimate of drug-likeness (QED) is 0.541. The number of hydrogen-bond acceptors (Lipinski definition) is 4. The maximum Gasteiger partial charge on any atom is 0.326 e. The first-order valence-corrected chi connectivity index (χ1v) is 7.15. The zero-order valence-electron chi connectivity index (χ0n) is 11.5. The topological polar surface area (TPSA) is 78.6 Å². The van der Waals surface area contributed by atoms with Crippen molar-refractivity contribution in [1.29, 1.82) is 0 Å². The van der Waals surface area contributed by atoms with Crippen LogP contribution >= 0.6 is 36.2 Å². The Kier molecular flexibility index (Phi) is 4.89. The molecule has 0 amide bonds. The van der Waals surface area contributed by atoms with Crippen LogP contribution in [0.15, 0.2) is 52.1 Å². The summed E-state index contributed by atoms with van der Waals surface area (Å²) in [4.78, 5) is 32.8. The summed E-state index contributed by atoms with van der Waals surface area (Å²) in [5.74, 6) is 0. The Morgan fingerprint density at radius 1 is 0.913 bits per heavy atom. The Bertz CT molecular complexity index is 1090. The third-order valence-electron chi connectivity index (χ3n) is 3.28. The van der Waals surface area contributed by atoms with Crippen molar-refractivity contribution in [3.63, 3.8) is 0 Å². The minimum atomic E-state index is -0.515. The minimum Gasteiger partial charge on any atom is -0.304 e. The Balaban J connectivity index is 0.000000960. The first kappa shape index (κ1) is 17.2. The summed E-state index contributed by atoms with van der Waals surface area (Å²) in [5.41, 5.74) is 2.06. The molecule has 0 unspecified atom stereocenters. The van der Waals surface area contributed by atoms with Crippen molar-refractivity contribution in [1.82, 2.24) is 15.0 Å². The summed E-state index contributed by atoms with van der Waals surface area (Å²) in [5, 5.41) is 0. The monoisotopic (exact) mass is 367 g/mol. The molecule has 0 atom stereocenters. The lowest BCUT2D eigenvalue weighted by molar-refractivity contribution is 1.09. The van der Waals surface area contributed by atoms with Crippen molar-refractivity contribution in [2.75, 3.05) is 0 Å². The molecule has 4 aromatic rings. The fourth-order valence-electron chi connectivity index (χ4n) is 2.33. The van der Waals surface area contributed by atoms with Gasteiger partial charge in [0.2, 0.25) is 0 Å². The number of aromatic nitrogens is 3. The molecule has 23 heavy (non-hydrogen) atoms. The number of nitrogens with one attached hydrogen (secondary N) is 2. The van der Waals surface area contributed by atoms with E-state index < -0.39 is 5.69 Å². The fourth-order valence-corrected chi connectivity index (χ4v) is 3.32. The van der Waals surface area contributed by atoms with E-state index in [4.69, 9.17) is 0 Å². The van der Waals surface area contributed by atoms with Gasteiger partial charge in [0, 0.05) is 5.56 Å². The molecule has 4 rings (SSSR count). The van der Waals surface area contributed by atoms with Crippen LogP contribution < -0.4 is 11.2 Å². The molecule has 3 aromatic heterocycles. The van der Waals surface area contributed by atoms with Gasteiger partial charge >= 0.3 is 5.69 Å². The number of aromatic amines is 2. The molecule has 5 nitrogen and oxygen atoms in total. The number of fused-ring (bicyclic) bond motifs is 3. The highest BCUT2D eigenvalue weighted by molar-refractivity contribution is 7.25. The molecule has 0 saturated carbocycles. The molecule has 118 valence electrons. The van der Waals surface area contributed by atoms with Crippen LogP contribution in [0.4, 0.5) is 0 Å². The van der Waals surface area contributed by atoms with Gasteiger partial charge in [-0.15, -0.1) is 36.2 Å². The predicted molar refractivity (Wildman–Crippen MR) is 98.3 cm³/mol. The lowest BCUT2D eigenvalue weighted by atomic mass is 10.1. The van der Waals surface area contributed by atoms with Gasteiger partial charge in [-0.2, -0.15) is 0 Å². The highest BCUT2D eigenvalue weighted by atomic mass is 35.5. The number of rotatable bonds is 1. The maximum atomic E-state index is 11.8. The fraction of sp³-hybridized carbons (Fsp3) is 0. The van der Waals surface area contributed by atoms with E-state index in [2.05, 4.69) is 15.0 Å². The van der Waals surface area contributed by atoms with Crippen molar-refractivity contribution >= 4 is 56.6 Å². The number of pyridine rings is 1. The first-order valence-electron chi connectivity index (χ1n) is 6.34. The zero-order valence-corrected chi connectivity index (χ0v) is 14.0. The van der Waals surface area contributed by atoms with Gasteiger partial charge in [0.25, 0.3) is 5.56 Å². The Morgan fingerprint density at radius 2 is 1.65 bits per heavy atom. The summed E-state index contributed by atoms with van der Waals surface area (Å²) in [7, 11) is 0. The second kappa shape index (κ2) is 6.54. The average Bonchev–Trinajstić information content (AvgIpc) is 2.86. The van der Waals surface area contributed by atoms with E-state index in [1.807, 2.05) is 42.5 Å². The summed E-state index contributed by atoms with van der Waals surface area (Å²) in [6.45, 7) is 0. The summed E-state index contributed by atoms with van der Waals surface area (Å²) >= 11 is 1.32. The summed E-state index contributed by atoms with van der Waals surface area (Å²) in [6.07, 6.45) is 0. The molecule has 0 spiro atoms. The molecule has 0 fully saturated rings. The highest BCUT2D eigenvalue weighted by Gasteiger charge is 2.11. The van der Waals surface area contributed by atoms with Gasteiger partial charge in [0.1, 0.15) is 10.2 Å². The van der Waals surface area contributed by atoms with Gasteiger partial charge in [0.05, 0.1) is 15.9 Å². The Hall–Kier alpha value is -2.15. The largest absolute Gasteiger partial charge is 0.326 e. The maximum absolute atomic E-state index is 11.8. The van der Waals surface area contributed by atoms with Crippen LogP contribution in [-0.4, -0.2) is 15.0 Å². The highest BCUT2D eigenvalue weighted by Crippen LogP contribution is 2.30. The predicted octanol–water partition coefficient (Wildman–Crippen LogP) is 3.34. The third-order valence-corrected chi connectivity index (χ3v) is 4.42. The van der Waals surface area contributed by atoms with Crippen molar-refractivity contribution < 1.29 is 0 Å². The summed E-state index contributed by atoms with van der Waals surface area (Å²) < 4.78 is 1.36. The number of hydrogen-bond donors (Lipinski definition) is 2. The molecule has 0 aliphatic heterocycles. The van der Waals surface area contributed by atoms with Gasteiger partial charge in [-0.25, -0.2) is 9.78 Å². The molecule has 8 heteroatoms. The first-order chi connectivity index (χ1) is 10.2. The second-order valence-corrected chi connectivity index (χ2v) is 5.68. The lowest BCUT2D eigenvalue weighted by Gasteiger charge is -2.00. The van der Waals surface area contributed by atoms with E-state index in [1.54, 1.807) is 0 Å².